The second-order valence-corrected chi connectivity index (χ2v) is 41.5. The summed E-state index contributed by atoms with van der Waals surface area (Å²) in [5.41, 5.74) is 5.66. The summed E-state index contributed by atoms with van der Waals surface area (Å²) in [4.78, 5) is 116. The molecule has 36 heteroatoms. The van der Waals surface area contributed by atoms with Crippen molar-refractivity contribution in [2.45, 2.75) is 125 Å². The Balaban J connectivity index is 0.0000000985. The summed E-state index contributed by atoms with van der Waals surface area (Å²) in [5.74, 6) is -4.25. The molecule has 30 rings (SSSR count). The zero-order valence-electron chi connectivity index (χ0n) is 76.2. The number of rotatable bonds is 4. The standard InChI is InChI=1S/2C27H32N4O4.2C25H17F2N3O4S/c2*1-28-14-18-4-2-3-5-19(18)24(22-16-6-8-17(9-7-16)23(22)28)31-21-15-35-13-12-29(21)27(34)25-26(33)20(32)10-11-30(25)31;2*26-14-6-5-13-18(20(14)27)24-19(12-3-1-2-4-16(12)35-24)21(13)30-17-11-34-10-9-28(17)25(33)22-23(32)15(31)7-8-29(22)30/h2*2-5,10-11,16-17,21-24,33H,6-9,12-15H2,1H3;2*1-8,17,21,32H,9-11H2/t16?,17?,21?,22-,23-,24?;16?,17?,21-,22-,23-,24+;17-,21+;/m111./s1. The molecule has 720 valence electrons. The van der Waals surface area contributed by atoms with Crippen LogP contribution in [0, 0.1) is 58.8 Å². The Labute approximate surface area is 805 Å². The van der Waals surface area contributed by atoms with Crippen molar-refractivity contribution in [3.8, 4) is 43.9 Å². The molecule has 8 aliphatic carbocycles. The van der Waals surface area contributed by atoms with Crippen LogP contribution < -0.4 is 41.8 Å². The van der Waals surface area contributed by atoms with E-state index in [2.05, 4.69) is 82.4 Å². The van der Waals surface area contributed by atoms with Gasteiger partial charge in [0.1, 0.15) is 36.7 Å². The van der Waals surface area contributed by atoms with Gasteiger partial charge in [0.05, 0.1) is 64.9 Å². The van der Waals surface area contributed by atoms with Gasteiger partial charge in [0, 0.05) is 154 Å². The van der Waals surface area contributed by atoms with Gasteiger partial charge in [0.2, 0.25) is 21.7 Å². The van der Waals surface area contributed by atoms with E-state index < -0.39 is 104 Å². The topological polar surface area (TPSA) is 307 Å². The number of morpholine rings is 4. The number of benzene rings is 6. The Hall–Kier alpha value is -13.2. The van der Waals surface area contributed by atoms with Crippen molar-refractivity contribution in [3.63, 3.8) is 0 Å². The molecule has 6 aromatic carbocycles. The zero-order valence-corrected chi connectivity index (χ0v) is 77.9. The largest absolute Gasteiger partial charge is 0.502 e. The maximum absolute atomic E-state index is 15.3. The van der Waals surface area contributed by atoms with Crippen LogP contribution in [0.15, 0.2) is 190 Å². The lowest BCUT2D eigenvalue weighted by Gasteiger charge is -2.58. The van der Waals surface area contributed by atoms with E-state index in [1.807, 2.05) is 58.5 Å². The number of ether oxygens (including phenoxy) is 4. The van der Waals surface area contributed by atoms with Crippen LogP contribution in [0.1, 0.15) is 162 Å². The predicted molar refractivity (Wildman–Crippen MR) is 510 cm³/mol. The van der Waals surface area contributed by atoms with E-state index >= 15 is 8.78 Å². The van der Waals surface area contributed by atoms with Gasteiger partial charge >= 0.3 is 0 Å². The lowest BCUT2D eigenvalue weighted by molar-refractivity contribution is -0.0510. The van der Waals surface area contributed by atoms with Crippen LogP contribution in [-0.2, 0) is 32.0 Å². The normalized spacial score (nSPS) is 27.3. The molecule has 18 aliphatic rings. The second-order valence-electron chi connectivity index (χ2n) is 39.4. The van der Waals surface area contributed by atoms with Gasteiger partial charge < -0.3 is 59.0 Å². The van der Waals surface area contributed by atoms with Crippen molar-refractivity contribution in [2.24, 2.45) is 35.5 Å². The Morgan fingerprint density at radius 1 is 0.343 bits per heavy atom. The number of thiophene rings is 2. The summed E-state index contributed by atoms with van der Waals surface area (Å²) in [5, 5.41) is 52.8. The molecule has 0 spiro atoms. The first-order valence-electron chi connectivity index (χ1n) is 48.1. The van der Waals surface area contributed by atoms with Crippen LogP contribution in [0.25, 0.3) is 41.1 Å². The number of halogens is 4. The van der Waals surface area contributed by atoms with Crippen LogP contribution in [0.2, 0.25) is 0 Å². The van der Waals surface area contributed by atoms with Gasteiger partial charge in [-0.25, -0.2) is 17.6 Å². The number of aromatic hydroxyl groups is 4. The van der Waals surface area contributed by atoms with Gasteiger partial charge in [0.15, 0.2) is 69.0 Å². The van der Waals surface area contributed by atoms with Crippen molar-refractivity contribution < 1.29 is 76.1 Å². The van der Waals surface area contributed by atoms with E-state index in [1.165, 1.54) is 142 Å². The van der Waals surface area contributed by atoms with Gasteiger partial charge in [-0.05, 0) is 158 Å². The molecule has 140 heavy (non-hydrogen) atoms. The summed E-state index contributed by atoms with van der Waals surface area (Å²) in [6, 6.07) is 42.8. The Bertz CT molecular complexity index is 7030. The summed E-state index contributed by atoms with van der Waals surface area (Å²) >= 11 is 2.77. The van der Waals surface area contributed by atoms with Gasteiger partial charge in [0.25, 0.3) is 23.6 Å². The molecule has 4 bridgehead atoms. The molecule has 4 unspecified atom stereocenters. The van der Waals surface area contributed by atoms with Crippen LogP contribution in [-0.4, -0.2) is 222 Å². The molecule has 0 radical (unpaired) electrons. The minimum atomic E-state index is -0.939. The SMILES string of the molecule is CN1Cc2ccccc2C(N2C3COCCN3C(=O)c3c(O)c(=O)ccn32)[C@@H]2C3CCC(CC3)[C@H]21.CN1Cc2ccccc2[C@H](N2[C@@H]3COCCN3C(=O)c3c(O)c(=O)ccn32)[C@@H]2C3CCC(CC3)[C@H]21.O=C1c2c(O)c(=O)ccn2N(C2c3ccc(F)c(F)c3-c3sc4ccccc4c32)C2COCCN12.O=C1c2c(O)c(=O)ccn2N([C@H]2c3ccc(F)c(F)c3-c3sc4ccccc4c32)[C@@H]2COCCN12. The molecule has 12 atom stereocenters. The molecule has 10 fully saturated rings. The highest BCUT2D eigenvalue weighted by molar-refractivity contribution is 7.23. The van der Waals surface area contributed by atoms with Crippen LogP contribution in [0.3, 0.4) is 0 Å². The third-order valence-corrected chi connectivity index (χ3v) is 35.1. The Morgan fingerprint density at radius 2 is 0.643 bits per heavy atom. The van der Waals surface area contributed by atoms with Gasteiger partial charge in [-0.3, -0.25) is 86.9 Å². The highest BCUT2D eigenvalue weighted by Crippen LogP contribution is 2.61. The van der Waals surface area contributed by atoms with Crippen molar-refractivity contribution in [2.75, 3.05) is 113 Å². The minimum Gasteiger partial charge on any atom is -0.502 e. The van der Waals surface area contributed by atoms with E-state index in [9.17, 15) is 67.6 Å². The zero-order chi connectivity index (χ0) is 95.7. The van der Waals surface area contributed by atoms with E-state index in [0.29, 0.717) is 121 Å². The average molecular weight is 1940 g/mol. The summed E-state index contributed by atoms with van der Waals surface area (Å²) < 4.78 is 91.1. The molecule has 4 amide bonds. The van der Waals surface area contributed by atoms with Gasteiger partial charge in [-0.2, -0.15) is 0 Å². The first-order chi connectivity index (χ1) is 68.0. The third-order valence-electron chi connectivity index (χ3n) is 32.7. The van der Waals surface area contributed by atoms with Crippen LogP contribution >= 0.6 is 22.7 Å². The highest BCUT2D eigenvalue weighted by Gasteiger charge is 2.60. The fraction of sp³-hybridized carbons (Fsp3) is 0.385. The maximum atomic E-state index is 15.3. The Morgan fingerprint density at radius 3 is 0.986 bits per heavy atom. The number of pyridine rings is 4. The van der Waals surface area contributed by atoms with Crippen molar-refractivity contribution in [1.29, 1.82) is 0 Å². The highest BCUT2D eigenvalue weighted by atomic mass is 32.1. The number of fused-ring (bicyclic) bond motifs is 24. The monoisotopic (exact) mass is 1940 g/mol. The van der Waals surface area contributed by atoms with Crippen molar-refractivity contribution >= 4 is 66.5 Å². The number of amides is 4. The van der Waals surface area contributed by atoms with Gasteiger partial charge in [-0.15, -0.1) is 22.7 Å². The van der Waals surface area contributed by atoms with Crippen LogP contribution in [0.5, 0.6) is 23.0 Å². The Kier molecular flexibility index (Phi) is 21.3. The van der Waals surface area contributed by atoms with Crippen molar-refractivity contribution in [3.05, 3.63) is 302 Å². The summed E-state index contributed by atoms with van der Waals surface area (Å²) in [6.07, 6.45) is 14.5. The third kappa shape index (κ3) is 13.2. The molecule has 4 saturated heterocycles. The molecular formula is C104H98F4N14O16S2. The average Bonchev–Trinajstić information content (AvgIpc) is 1.52. The first-order valence-corrected chi connectivity index (χ1v) is 49.7. The molecule has 16 heterocycles. The molecule has 10 aliphatic heterocycles. The number of carbonyl (C=O) groups is 4. The van der Waals surface area contributed by atoms with Gasteiger partial charge in [-0.1, -0.05) is 97.1 Å². The lowest BCUT2D eigenvalue weighted by Crippen LogP contribution is -2.68. The molecule has 12 aromatic rings. The predicted octanol–water partition coefficient (Wildman–Crippen LogP) is 11.7. The molecule has 6 aromatic heterocycles. The number of hydrogen-bond acceptors (Lipinski definition) is 24. The molecule has 30 nitrogen and oxygen atoms in total. The summed E-state index contributed by atoms with van der Waals surface area (Å²) in [6.45, 7) is 5.87. The number of hydrogen-bond donors (Lipinski definition) is 4. The molecular weight excluding hydrogens is 1840 g/mol. The van der Waals surface area contributed by atoms with E-state index in [0.717, 1.165) is 56.5 Å². The van der Waals surface area contributed by atoms with E-state index in [-0.39, 0.29) is 96.4 Å². The number of nitrogens with zero attached hydrogens (tertiary/aromatic N) is 14. The smallest absolute Gasteiger partial charge is 0.278 e. The lowest BCUT2D eigenvalue weighted by atomic mass is 9.58. The first kappa shape index (κ1) is 88.2. The maximum Gasteiger partial charge on any atom is 0.278 e. The number of carbonyl (C=O) groups excluding carboxylic acids is 4. The molecule has 6 saturated carbocycles. The molecule has 4 N–H and O–H groups in total. The number of aromatic nitrogens is 4. The quantitative estimate of drug-likeness (QED) is 0.119. The second kappa shape index (κ2) is 33.8. The van der Waals surface area contributed by atoms with Crippen molar-refractivity contribution in [1.82, 2.24) is 48.1 Å². The van der Waals surface area contributed by atoms with Crippen LogP contribution in [0.4, 0.5) is 17.6 Å². The summed E-state index contributed by atoms with van der Waals surface area (Å²) in [7, 11) is 4.54. The fourth-order valence-corrected chi connectivity index (χ4v) is 29.6. The fourth-order valence-electron chi connectivity index (χ4n) is 27.0. The van der Waals surface area contributed by atoms with E-state index in [1.54, 1.807) is 53.5 Å². The van der Waals surface area contributed by atoms with E-state index in [4.69, 9.17) is 18.9 Å². The minimum absolute atomic E-state index is 0.00259.